The third kappa shape index (κ3) is 4.56. The number of hydrogen-bond acceptors (Lipinski definition) is 2. The summed E-state index contributed by atoms with van der Waals surface area (Å²) in [6, 6.07) is 1.17. The van der Waals surface area contributed by atoms with Crippen molar-refractivity contribution in [3.05, 3.63) is 0 Å². The molecule has 0 radical (unpaired) electrons. The zero-order valence-electron chi connectivity index (χ0n) is 8.42. The topological polar surface area (TPSA) is 12.5 Å². The molecular formula is C8H21NOSi. The summed E-state index contributed by atoms with van der Waals surface area (Å²) < 4.78 is 5.41. The number of nitrogens with zero attached hydrogens (tertiary/aromatic N) is 1. The molecule has 11 heavy (non-hydrogen) atoms. The Morgan fingerprint density at radius 2 is 1.64 bits per heavy atom. The molecule has 0 saturated carbocycles. The number of ether oxygens (including phenoxy) is 1. The summed E-state index contributed by atoms with van der Waals surface area (Å²) in [7, 11) is 1.14. The highest BCUT2D eigenvalue weighted by Crippen LogP contribution is 2.03. The van der Waals surface area contributed by atoms with Gasteiger partial charge in [0.25, 0.3) is 0 Å². The maximum Gasteiger partial charge on any atom is 0.0989 e. The Morgan fingerprint density at radius 3 is 1.91 bits per heavy atom. The van der Waals surface area contributed by atoms with E-state index in [0.717, 1.165) is 23.2 Å². The maximum atomic E-state index is 5.41. The van der Waals surface area contributed by atoms with Gasteiger partial charge in [0, 0.05) is 28.6 Å². The summed E-state index contributed by atoms with van der Waals surface area (Å²) >= 11 is 0. The SMILES string of the molecule is CC(C)N(COC[SiH3])C(C)C. The van der Waals surface area contributed by atoms with E-state index in [4.69, 9.17) is 4.74 Å². The highest BCUT2D eigenvalue weighted by atomic mass is 28.1. The van der Waals surface area contributed by atoms with Gasteiger partial charge in [-0.15, -0.1) is 0 Å². The molecule has 0 aromatic heterocycles. The summed E-state index contributed by atoms with van der Waals surface area (Å²) in [6.45, 7) is 9.61. The molecule has 2 nitrogen and oxygen atoms in total. The first kappa shape index (κ1) is 11.1. The molecule has 0 bridgehead atoms. The summed E-state index contributed by atoms with van der Waals surface area (Å²) in [4.78, 5) is 2.35. The normalized spacial score (nSPS) is 12.3. The monoisotopic (exact) mass is 175 g/mol. The van der Waals surface area contributed by atoms with Crippen LogP contribution in [0.5, 0.6) is 0 Å². The zero-order chi connectivity index (χ0) is 8.85. The lowest BCUT2D eigenvalue weighted by Crippen LogP contribution is -2.38. The Balaban J connectivity index is 3.70. The highest BCUT2D eigenvalue weighted by Gasteiger charge is 2.11. The largest absolute Gasteiger partial charge is 0.370 e. The van der Waals surface area contributed by atoms with Gasteiger partial charge in [-0.3, -0.25) is 4.90 Å². The fraction of sp³-hybridized carbons (Fsp3) is 1.00. The van der Waals surface area contributed by atoms with Crippen molar-refractivity contribution in [1.29, 1.82) is 0 Å². The average Bonchev–Trinajstić information content (AvgIpc) is 1.87. The van der Waals surface area contributed by atoms with E-state index in [-0.39, 0.29) is 0 Å². The van der Waals surface area contributed by atoms with E-state index in [9.17, 15) is 0 Å². The molecule has 0 aliphatic carbocycles. The summed E-state index contributed by atoms with van der Waals surface area (Å²) in [6.07, 6.45) is 0.940. The Bertz CT molecular complexity index is 88.1. The number of rotatable bonds is 5. The Labute approximate surface area is 73.3 Å². The van der Waals surface area contributed by atoms with Crippen molar-refractivity contribution in [2.45, 2.75) is 39.8 Å². The first-order valence-electron chi connectivity index (χ1n) is 4.43. The van der Waals surface area contributed by atoms with Crippen LogP contribution in [0, 0.1) is 0 Å². The molecule has 0 rings (SSSR count). The molecule has 68 valence electrons. The predicted octanol–water partition coefficient (Wildman–Crippen LogP) is 0.402. The molecular weight excluding hydrogens is 154 g/mol. The van der Waals surface area contributed by atoms with Gasteiger partial charge >= 0.3 is 0 Å². The fourth-order valence-corrected chi connectivity index (χ4v) is 1.27. The van der Waals surface area contributed by atoms with Crippen LogP contribution >= 0.6 is 0 Å². The molecule has 0 fully saturated rings. The lowest BCUT2D eigenvalue weighted by atomic mass is 10.2. The van der Waals surface area contributed by atoms with Crippen LogP contribution in [-0.2, 0) is 4.74 Å². The molecule has 0 aromatic carbocycles. The van der Waals surface area contributed by atoms with Gasteiger partial charge < -0.3 is 4.74 Å². The predicted molar refractivity (Wildman–Crippen MR) is 52.9 cm³/mol. The molecule has 3 heteroatoms. The molecule has 0 saturated heterocycles. The fourth-order valence-electron chi connectivity index (χ4n) is 1.09. The van der Waals surface area contributed by atoms with Crippen LogP contribution in [0.2, 0.25) is 0 Å². The van der Waals surface area contributed by atoms with Crippen LogP contribution in [0.4, 0.5) is 0 Å². The van der Waals surface area contributed by atoms with E-state index >= 15 is 0 Å². The average molecular weight is 175 g/mol. The smallest absolute Gasteiger partial charge is 0.0989 e. The van der Waals surface area contributed by atoms with Crippen molar-refractivity contribution in [2.24, 2.45) is 0 Å². The second kappa shape index (κ2) is 5.74. The molecule has 0 heterocycles. The van der Waals surface area contributed by atoms with E-state index in [0.29, 0.717) is 12.1 Å². The highest BCUT2D eigenvalue weighted by molar-refractivity contribution is 6.08. The molecule has 0 amide bonds. The second-order valence-electron chi connectivity index (χ2n) is 3.32. The van der Waals surface area contributed by atoms with Crippen molar-refractivity contribution in [2.75, 3.05) is 13.0 Å². The molecule has 0 N–H and O–H groups in total. The summed E-state index contributed by atoms with van der Waals surface area (Å²) in [5.74, 6) is 0. The van der Waals surface area contributed by atoms with Gasteiger partial charge in [0.05, 0.1) is 6.73 Å². The lowest BCUT2D eigenvalue weighted by Gasteiger charge is -2.29. The third-order valence-electron chi connectivity index (χ3n) is 1.77. The summed E-state index contributed by atoms with van der Waals surface area (Å²) in [5, 5.41) is 0. The van der Waals surface area contributed by atoms with E-state index in [1.165, 1.54) is 0 Å². The van der Waals surface area contributed by atoms with Gasteiger partial charge in [-0.2, -0.15) is 0 Å². The van der Waals surface area contributed by atoms with Crippen LogP contribution < -0.4 is 0 Å². The minimum Gasteiger partial charge on any atom is -0.370 e. The van der Waals surface area contributed by atoms with Crippen molar-refractivity contribution in [3.63, 3.8) is 0 Å². The Hall–Kier alpha value is 0.137. The van der Waals surface area contributed by atoms with Crippen molar-refractivity contribution in [1.82, 2.24) is 4.90 Å². The lowest BCUT2D eigenvalue weighted by molar-refractivity contribution is 0.0132. The van der Waals surface area contributed by atoms with E-state index in [1.54, 1.807) is 0 Å². The van der Waals surface area contributed by atoms with Crippen LogP contribution in [0.3, 0.4) is 0 Å². The van der Waals surface area contributed by atoms with E-state index in [1.807, 2.05) is 0 Å². The molecule has 0 atom stereocenters. The van der Waals surface area contributed by atoms with Crippen molar-refractivity contribution in [3.8, 4) is 0 Å². The van der Waals surface area contributed by atoms with Gasteiger partial charge in [0.15, 0.2) is 0 Å². The van der Waals surface area contributed by atoms with Crippen LogP contribution in [0.1, 0.15) is 27.7 Å². The standard InChI is InChI=1S/C8H21NOSi/c1-7(2)9(8(3)4)5-10-6-11/h7-8H,5-6H2,1-4,11H3. The van der Waals surface area contributed by atoms with Crippen molar-refractivity contribution < 1.29 is 4.74 Å². The molecule has 0 spiro atoms. The minimum atomic E-state index is 0.586. The molecule has 0 aliphatic rings. The van der Waals surface area contributed by atoms with Gasteiger partial charge in [-0.05, 0) is 27.7 Å². The molecule has 0 aromatic rings. The quantitative estimate of drug-likeness (QED) is 0.443. The first-order chi connectivity index (χ1) is 5.09. The van der Waals surface area contributed by atoms with Gasteiger partial charge in [-0.1, -0.05) is 0 Å². The maximum absolute atomic E-state index is 5.41. The minimum absolute atomic E-state index is 0.586. The molecule has 0 unspecified atom stereocenters. The van der Waals surface area contributed by atoms with Gasteiger partial charge in [0.2, 0.25) is 0 Å². The third-order valence-corrected chi connectivity index (χ3v) is 2.18. The zero-order valence-corrected chi connectivity index (χ0v) is 10.4. The van der Waals surface area contributed by atoms with Gasteiger partial charge in [0.1, 0.15) is 0 Å². The van der Waals surface area contributed by atoms with Gasteiger partial charge in [-0.25, -0.2) is 0 Å². The number of hydrogen-bond donors (Lipinski definition) is 0. The second-order valence-corrected chi connectivity index (χ2v) is 3.90. The van der Waals surface area contributed by atoms with Crippen molar-refractivity contribution >= 4 is 10.2 Å². The van der Waals surface area contributed by atoms with Crippen LogP contribution in [0.25, 0.3) is 0 Å². The molecule has 0 aliphatic heterocycles. The van der Waals surface area contributed by atoms with E-state index < -0.39 is 0 Å². The Morgan fingerprint density at radius 1 is 1.18 bits per heavy atom. The summed E-state index contributed by atoms with van der Waals surface area (Å²) in [5.41, 5.74) is 0. The van der Waals surface area contributed by atoms with Crippen LogP contribution in [-0.4, -0.2) is 40.2 Å². The first-order valence-corrected chi connectivity index (χ1v) is 5.84. The Kier molecular flexibility index (Phi) is 5.82. The van der Waals surface area contributed by atoms with Crippen LogP contribution in [0.15, 0.2) is 0 Å². The van der Waals surface area contributed by atoms with E-state index in [2.05, 4.69) is 32.6 Å².